The smallest absolute Gasteiger partial charge is 0.117 e. The second-order valence-corrected chi connectivity index (χ2v) is 31.9. The molecule has 0 spiro atoms. The molecule has 2 nitrogen and oxygen atoms in total. The first kappa shape index (κ1) is 20.2. The predicted octanol–water partition coefficient (Wildman–Crippen LogP) is 5.71. The molecule has 115 valence electrons. The molecule has 0 atom stereocenters. The Hall–Kier alpha value is 1.22. The van der Waals surface area contributed by atoms with Gasteiger partial charge in [0.25, 0.3) is 0 Å². The average molecular weight is 352 g/mol. The van der Waals surface area contributed by atoms with Gasteiger partial charge in [0.1, 0.15) is 32.9 Å². The molecule has 0 saturated heterocycles. The summed E-state index contributed by atoms with van der Waals surface area (Å²) in [5.74, 6) is 0. The van der Waals surface area contributed by atoms with Crippen LogP contribution in [0.4, 0.5) is 0 Å². The Labute approximate surface area is 128 Å². The van der Waals surface area contributed by atoms with Gasteiger partial charge >= 0.3 is 0 Å². The normalized spacial score (nSPS) is 15.5. The van der Waals surface area contributed by atoms with Gasteiger partial charge in [-0.15, -0.1) is 0 Å². The highest BCUT2D eigenvalue weighted by Crippen LogP contribution is 2.41. The van der Waals surface area contributed by atoms with Gasteiger partial charge in [-0.2, -0.15) is 0 Å². The molecular formula is C12H36N2PSi4. The molecule has 0 heterocycles. The fourth-order valence-electron chi connectivity index (χ4n) is 2.64. The summed E-state index contributed by atoms with van der Waals surface area (Å²) in [7, 11) is -3.50. The summed E-state index contributed by atoms with van der Waals surface area (Å²) in [5.41, 5.74) is 0. The van der Waals surface area contributed by atoms with Crippen molar-refractivity contribution in [2.75, 3.05) is 0 Å². The monoisotopic (exact) mass is 351 g/mol. The Bertz CT molecular complexity index is 239. The van der Waals surface area contributed by atoms with E-state index in [1.54, 1.807) is 0 Å². The van der Waals surface area contributed by atoms with E-state index in [4.69, 9.17) is 0 Å². The zero-order valence-corrected chi connectivity index (χ0v) is 20.2. The Kier molecular flexibility index (Phi) is 6.54. The van der Waals surface area contributed by atoms with Crippen molar-refractivity contribution in [2.24, 2.45) is 0 Å². The lowest BCUT2D eigenvalue weighted by atomic mass is 11.8. The molecule has 0 aromatic rings. The molecule has 0 aromatic carbocycles. The summed E-state index contributed by atoms with van der Waals surface area (Å²) in [6.07, 6.45) is 0. The van der Waals surface area contributed by atoms with Gasteiger partial charge in [-0.3, -0.25) is 0 Å². The van der Waals surface area contributed by atoms with E-state index in [0.717, 1.165) is 0 Å². The van der Waals surface area contributed by atoms with Gasteiger partial charge in [0, 0.05) is 0 Å². The average Bonchev–Trinajstić information content (AvgIpc) is 1.91. The lowest BCUT2D eigenvalue weighted by molar-refractivity contribution is 0.888. The van der Waals surface area contributed by atoms with E-state index < -0.39 is 32.9 Å². The second-order valence-electron chi connectivity index (χ2n) is 9.40. The van der Waals surface area contributed by atoms with Gasteiger partial charge in [-0.25, -0.2) is 0 Å². The first-order valence-electron chi connectivity index (χ1n) is 7.29. The number of hydrogen-bond donors (Lipinski definition) is 0. The van der Waals surface area contributed by atoms with Crippen LogP contribution in [0, 0.1) is 0 Å². The number of rotatable bonds is 6. The molecule has 0 unspecified atom stereocenters. The number of hydrogen-bond acceptors (Lipinski definition) is 2. The predicted molar refractivity (Wildman–Crippen MR) is 104 cm³/mol. The van der Waals surface area contributed by atoms with E-state index in [0.29, 0.717) is 0 Å². The van der Waals surface area contributed by atoms with Gasteiger partial charge in [0.15, 0.2) is 0 Å². The molecule has 0 aliphatic carbocycles. The minimum Gasteiger partial charge on any atom is -0.308 e. The fraction of sp³-hybridized carbons (Fsp3) is 1.00. The van der Waals surface area contributed by atoms with Gasteiger partial charge in [0.05, 0.1) is 8.88 Å². The third-order valence-electron chi connectivity index (χ3n) is 2.72. The Morgan fingerprint density at radius 3 is 0.684 bits per heavy atom. The summed E-state index contributed by atoms with van der Waals surface area (Å²) < 4.78 is 5.83. The van der Waals surface area contributed by atoms with Crippen LogP contribution in [0.5, 0.6) is 0 Å². The molecular weight excluding hydrogens is 315 g/mol. The minimum atomic E-state index is -1.26. The Morgan fingerprint density at radius 1 is 0.421 bits per heavy atom. The summed E-state index contributed by atoms with van der Waals surface area (Å²) in [4.78, 5) is 0. The van der Waals surface area contributed by atoms with Crippen molar-refractivity contribution >= 4 is 41.8 Å². The van der Waals surface area contributed by atoms with E-state index in [1.807, 2.05) is 0 Å². The van der Waals surface area contributed by atoms with Crippen LogP contribution in [0.2, 0.25) is 78.6 Å². The molecule has 1 radical (unpaired) electrons. The van der Waals surface area contributed by atoms with Gasteiger partial charge in [-0.05, 0) is 0 Å². The summed E-state index contributed by atoms with van der Waals surface area (Å²) in [5, 5.41) is 0. The van der Waals surface area contributed by atoms with Crippen molar-refractivity contribution < 1.29 is 0 Å². The van der Waals surface area contributed by atoms with Crippen molar-refractivity contribution in [1.82, 2.24) is 8.00 Å². The van der Waals surface area contributed by atoms with Gasteiger partial charge in [-0.1, -0.05) is 78.6 Å². The highest BCUT2D eigenvalue weighted by molar-refractivity contribution is 7.46. The number of nitrogens with zero attached hydrogens (tertiary/aromatic N) is 2. The zero-order chi connectivity index (χ0) is 15.9. The lowest BCUT2D eigenvalue weighted by Gasteiger charge is -2.51. The third kappa shape index (κ3) is 6.67. The molecule has 0 N–H and O–H groups in total. The SMILES string of the molecule is C[Si](C)(C)N([P]N([Si](C)(C)C)[Si](C)(C)C)[Si](C)(C)C. The van der Waals surface area contributed by atoms with Crippen LogP contribution < -0.4 is 0 Å². The Morgan fingerprint density at radius 2 is 0.579 bits per heavy atom. The maximum absolute atomic E-state index is 2.91. The van der Waals surface area contributed by atoms with Gasteiger partial charge < -0.3 is 8.00 Å². The van der Waals surface area contributed by atoms with Gasteiger partial charge in [0.2, 0.25) is 0 Å². The van der Waals surface area contributed by atoms with E-state index in [-0.39, 0.29) is 0 Å². The summed E-state index contributed by atoms with van der Waals surface area (Å²) >= 11 is 0. The largest absolute Gasteiger partial charge is 0.308 e. The summed E-state index contributed by atoms with van der Waals surface area (Å²) in [6.45, 7) is 30.1. The van der Waals surface area contributed by atoms with Crippen molar-refractivity contribution in [3.8, 4) is 0 Å². The van der Waals surface area contributed by atoms with E-state index >= 15 is 0 Å². The molecule has 0 aliphatic heterocycles. The molecule has 0 amide bonds. The van der Waals surface area contributed by atoms with Crippen LogP contribution in [-0.2, 0) is 0 Å². The van der Waals surface area contributed by atoms with E-state index in [9.17, 15) is 0 Å². The highest BCUT2D eigenvalue weighted by atomic mass is 31.1. The lowest BCUT2D eigenvalue weighted by Crippen LogP contribution is -2.61. The van der Waals surface area contributed by atoms with Crippen molar-refractivity contribution in [2.45, 2.75) is 78.6 Å². The van der Waals surface area contributed by atoms with Crippen molar-refractivity contribution in [1.29, 1.82) is 0 Å². The Balaban J connectivity index is 5.43. The maximum atomic E-state index is 2.91. The van der Waals surface area contributed by atoms with Crippen LogP contribution in [0.3, 0.4) is 0 Å². The molecule has 0 saturated carbocycles. The molecule has 19 heavy (non-hydrogen) atoms. The zero-order valence-electron chi connectivity index (χ0n) is 15.3. The molecule has 0 fully saturated rings. The third-order valence-corrected chi connectivity index (χ3v) is 24.5. The van der Waals surface area contributed by atoms with Crippen LogP contribution in [0.25, 0.3) is 0 Å². The second kappa shape index (κ2) is 6.14. The van der Waals surface area contributed by atoms with E-state index in [1.165, 1.54) is 8.88 Å². The highest BCUT2D eigenvalue weighted by Gasteiger charge is 2.42. The first-order chi connectivity index (χ1) is 7.97. The van der Waals surface area contributed by atoms with Crippen LogP contribution >= 0.6 is 8.88 Å². The molecule has 0 rings (SSSR count). The van der Waals surface area contributed by atoms with E-state index in [2.05, 4.69) is 86.6 Å². The molecule has 7 heteroatoms. The topological polar surface area (TPSA) is 6.48 Å². The minimum absolute atomic E-state index is 1.26. The molecule has 0 bridgehead atoms. The standard InChI is InChI=1S/C12H36N2PSi4/c1-16(2,3)13(17(4,5)6)15-14(18(7,8)9)19(10,11)12/h1-12H3. The molecule has 0 aromatic heterocycles. The van der Waals surface area contributed by atoms with Crippen molar-refractivity contribution in [3.05, 3.63) is 0 Å². The fourth-order valence-corrected chi connectivity index (χ4v) is 25.4. The van der Waals surface area contributed by atoms with Crippen LogP contribution in [0.1, 0.15) is 0 Å². The van der Waals surface area contributed by atoms with Crippen LogP contribution in [0.15, 0.2) is 0 Å². The quantitative estimate of drug-likeness (QED) is 0.447. The van der Waals surface area contributed by atoms with Crippen LogP contribution in [-0.4, -0.2) is 40.9 Å². The van der Waals surface area contributed by atoms with Crippen molar-refractivity contribution in [3.63, 3.8) is 0 Å². The molecule has 0 aliphatic rings. The summed E-state index contributed by atoms with van der Waals surface area (Å²) in [6, 6.07) is 0. The maximum Gasteiger partial charge on any atom is 0.117 e. The first-order valence-corrected chi connectivity index (χ1v) is 21.9.